The summed E-state index contributed by atoms with van der Waals surface area (Å²) in [6, 6.07) is 12.9. The van der Waals surface area contributed by atoms with Gasteiger partial charge in [-0.25, -0.2) is 0 Å². The lowest BCUT2D eigenvalue weighted by atomic mass is 10.1. The van der Waals surface area contributed by atoms with Gasteiger partial charge in [0.1, 0.15) is 11.8 Å². The minimum atomic E-state index is -0.613. The molecule has 0 saturated heterocycles. The molecule has 0 aliphatic carbocycles. The number of benzene rings is 2. The molecule has 0 fully saturated rings. The zero-order valence-electron chi connectivity index (χ0n) is 18.4. The topological polar surface area (TPSA) is 58.6 Å². The Kier molecular flexibility index (Phi) is 8.90. The van der Waals surface area contributed by atoms with Crippen LogP contribution in [-0.4, -0.2) is 35.9 Å². The second-order valence-corrected chi connectivity index (χ2v) is 8.87. The van der Waals surface area contributed by atoms with Crippen LogP contribution in [0.4, 0.5) is 0 Å². The molecule has 0 radical (unpaired) electrons. The molecule has 0 saturated carbocycles. The Hall–Kier alpha value is -2.34. The molecule has 2 amide bonds. The molecule has 0 unspecified atom stereocenters. The van der Waals surface area contributed by atoms with Gasteiger partial charge in [-0.05, 0) is 61.6 Å². The van der Waals surface area contributed by atoms with Crippen LogP contribution in [0.5, 0.6) is 5.75 Å². The Morgan fingerprint density at radius 2 is 1.80 bits per heavy atom. The number of amides is 2. The average molecular weight is 475 g/mol. The number of nitrogens with zero attached hydrogens (tertiary/aromatic N) is 1. The fourth-order valence-electron chi connectivity index (χ4n) is 2.97. The fraction of sp³-hybridized carbons (Fsp3) is 0.417. The smallest absolute Gasteiger partial charge is 0.261 e. The highest BCUT2D eigenvalue weighted by atomic mass is 79.9. The van der Waals surface area contributed by atoms with E-state index in [4.69, 9.17) is 4.74 Å². The third-order valence-electron chi connectivity index (χ3n) is 5.00. The van der Waals surface area contributed by atoms with Crippen molar-refractivity contribution in [3.63, 3.8) is 0 Å². The van der Waals surface area contributed by atoms with Gasteiger partial charge in [-0.3, -0.25) is 9.59 Å². The summed E-state index contributed by atoms with van der Waals surface area (Å²) in [5.74, 6) is 0.618. The molecule has 0 bridgehead atoms. The van der Waals surface area contributed by atoms with Gasteiger partial charge in [-0.2, -0.15) is 0 Å². The number of nitrogens with one attached hydrogen (secondary N) is 1. The molecule has 162 valence electrons. The summed E-state index contributed by atoms with van der Waals surface area (Å²) in [6.07, 6.45) is 0. The van der Waals surface area contributed by atoms with Gasteiger partial charge in [-0.1, -0.05) is 54.0 Å². The lowest BCUT2D eigenvalue weighted by molar-refractivity contribution is -0.142. The predicted molar refractivity (Wildman–Crippen MR) is 123 cm³/mol. The van der Waals surface area contributed by atoms with Gasteiger partial charge in [-0.15, -0.1) is 0 Å². The summed E-state index contributed by atoms with van der Waals surface area (Å²) in [5, 5.41) is 2.92. The third kappa shape index (κ3) is 6.87. The Morgan fingerprint density at radius 1 is 1.10 bits per heavy atom. The number of hydrogen-bond acceptors (Lipinski definition) is 3. The van der Waals surface area contributed by atoms with Crippen LogP contribution in [0.25, 0.3) is 0 Å². The molecule has 0 aromatic heterocycles. The molecule has 0 aliphatic heterocycles. The highest BCUT2D eigenvalue weighted by Crippen LogP contribution is 2.21. The van der Waals surface area contributed by atoms with E-state index in [1.165, 1.54) is 0 Å². The van der Waals surface area contributed by atoms with Gasteiger partial charge in [0.05, 0.1) is 0 Å². The Balaban J connectivity index is 2.17. The lowest BCUT2D eigenvalue weighted by Crippen LogP contribution is -2.49. The molecule has 1 atom stereocenters. The molecule has 0 heterocycles. The second-order valence-electron chi connectivity index (χ2n) is 7.95. The monoisotopic (exact) mass is 474 g/mol. The van der Waals surface area contributed by atoms with Crippen molar-refractivity contribution in [1.29, 1.82) is 0 Å². The zero-order chi connectivity index (χ0) is 22.3. The average Bonchev–Trinajstić information content (AvgIpc) is 2.70. The Morgan fingerprint density at radius 3 is 2.47 bits per heavy atom. The number of ether oxygens (including phenoxy) is 1. The summed E-state index contributed by atoms with van der Waals surface area (Å²) in [7, 11) is 0. The van der Waals surface area contributed by atoms with Crippen molar-refractivity contribution in [2.75, 3.05) is 13.2 Å². The Labute approximate surface area is 187 Å². The van der Waals surface area contributed by atoms with Gasteiger partial charge in [0, 0.05) is 17.6 Å². The van der Waals surface area contributed by atoms with Crippen LogP contribution >= 0.6 is 15.9 Å². The minimum absolute atomic E-state index is 0.125. The second kappa shape index (κ2) is 11.2. The van der Waals surface area contributed by atoms with Gasteiger partial charge in [0.15, 0.2) is 6.61 Å². The number of carbonyl (C=O) groups is 2. The van der Waals surface area contributed by atoms with E-state index < -0.39 is 6.04 Å². The normalized spacial score (nSPS) is 11.8. The van der Waals surface area contributed by atoms with E-state index in [0.717, 1.165) is 21.2 Å². The van der Waals surface area contributed by atoms with E-state index >= 15 is 0 Å². The van der Waals surface area contributed by atoms with E-state index in [0.29, 0.717) is 24.8 Å². The highest BCUT2D eigenvalue weighted by Gasteiger charge is 2.26. The number of rotatable bonds is 9. The van der Waals surface area contributed by atoms with Crippen molar-refractivity contribution in [2.24, 2.45) is 5.92 Å². The SMILES string of the molecule is Cc1cccc(OCC(=O)N(Cc2cccc(Br)c2)[C@@H](C)C(=O)NCC(C)C)c1C. The minimum Gasteiger partial charge on any atom is -0.483 e. The van der Waals surface area contributed by atoms with Crippen LogP contribution < -0.4 is 10.1 Å². The largest absolute Gasteiger partial charge is 0.483 e. The summed E-state index contributed by atoms with van der Waals surface area (Å²) in [4.78, 5) is 27.3. The van der Waals surface area contributed by atoms with Crippen LogP contribution in [-0.2, 0) is 16.1 Å². The van der Waals surface area contributed by atoms with Crippen LogP contribution in [0.3, 0.4) is 0 Å². The molecule has 2 rings (SSSR count). The van der Waals surface area contributed by atoms with Gasteiger partial charge < -0.3 is 15.0 Å². The number of halogens is 1. The maximum absolute atomic E-state index is 13.1. The van der Waals surface area contributed by atoms with Crippen molar-refractivity contribution >= 4 is 27.7 Å². The zero-order valence-corrected chi connectivity index (χ0v) is 20.0. The van der Waals surface area contributed by atoms with Crippen LogP contribution in [0, 0.1) is 19.8 Å². The van der Waals surface area contributed by atoms with Crippen LogP contribution in [0.2, 0.25) is 0 Å². The number of carbonyl (C=O) groups excluding carboxylic acids is 2. The van der Waals surface area contributed by atoms with E-state index in [9.17, 15) is 9.59 Å². The summed E-state index contributed by atoms with van der Waals surface area (Å²) >= 11 is 3.46. The van der Waals surface area contributed by atoms with Crippen LogP contribution in [0.15, 0.2) is 46.9 Å². The molecular weight excluding hydrogens is 444 g/mol. The van der Waals surface area contributed by atoms with Crippen molar-refractivity contribution in [2.45, 2.75) is 47.2 Å². The van der Waals surface area contributed by atoms with Crippen LogP contribution in [0.1, 0.15) is 37.5 Å². The molecule has 0 aliphatic rings. The molecule has 30 heavy (non-hydrogen) atoms. The number of aryl methyl sites for hydroxylation is 1. The van der Waals surface area contributed by atoms with Crippen molar-refractivity contribution in [3.8, 4) is 5.75 Å². The van der Waals surface area contributed by atoms with Crippen molar-refractivity contribution < 1.29 is 14.3 Å². The third-order valence-corrected chi connectivity index (χ3v) is 5.49. The molecule has 2 aromatic carbocycles. The first-order valence-electron chi connectivity index (χ1n) is 10.2. The lowest BCUT2D eigenvalue weighted by Gasteiger charge is -2.29. The maximum atomic E-state index is 13.1. The quantitative estimate of drug-likeness (QED) is 0.575. The van der Waals surface area contributed by atoms with Crippen molar-refractivity contribution in [1.82, 2.24) is 10.2 Å². The van der Waals surface area contributed by atoms with Crippen molar-refractivity contribution in [3.05, 3.63) is 63.6 Å². The summed E-state index contributed by atoms with van der Waals surface area (Å²) in [6.45, 7) is 10.6. The molecule has 0 spiro atoms. The molecule has 6 heteroatoms. The highest BCUT2D eigenvalue weighted by molar-refractivity contribution is 9.10. The fourth-order valence-corrected chi connectivity index (χ4v) is 3.42. The summed E-state index contributed by atoms with van der Waals surface area (Å²) in [5.41, 5.74) is 3.05. The van der Waals surface area contributed by atoms with E-state index in [1.54, 1.807) is 11.8 Å². The van der Waals surface area contributed by atoms with E-state index in [-0.39, 0.29) is 18.4 Å². The van der Waals surface area contributed by atoms with E-state index in [1.807, 2.05) is 70.2 Å². The van der Waals surface area contributed by atoms with E-state index in [2.05, 4.69) is 21.2 Å². The van der Waals surface area contributed by atoms with Gasteiger partial charge >= 0.3 is 0 Å². The van der Waals surface area contributed by atoms with Gasteiger partial charge in [0.2, 0.25) is 5.91 Å². The predicted octanol–water partition coefficient (Wildman–Crippen LogP) is 4.63. The van der Waals surface area contributed by atoms with Gasteiger partial charge in [0.25, 0.3) is 5.91 Å². The number of hydrogen-bond donors (Lipinski definition) is 1. The standard InChI is InChI=1S/C24H31BrN2O3/c1-16(2)13-26-24(29)19(5)27(14-20-9-7-10-21(25)12-20)23(28)15-30-22-11-6-8-17(3)18(22)4/h6-12,16,19H,13-15H2,1-5H3,(H,26,29)/t19-/m0/s1. The first-order valence-corrected chi connectivity index (χ1v) is 11.0. The molecule has 1 N–H and O–H groups in total. The first-order chi connectivity index (χ1) is 14.2. The maximum Gasteiger partial charge on any atom is 0.261 e. The summed E-state index contributed by atoms with van der Waals surface area (Å²) < 4.78 is 6.74. The molecular formula is C24H31BrN2O3. The Bertz CT molecular complexity index is 883. The molecule has 2 aromatic rings. The molecule has 5 nitrogen and oxygen atoms in total. The first kappa shape index (κ1) is 23.9.